The summed E-state index contributed by atoms with van der Waals surface area (Å²) in [6.45, 7) is 4.53. The van der Waals surface area contributed by atoms with E-state index in [1.807, 2.05) is 61.5 Å². The third-order valence-electron chi connectivity index (χ3n) is 5.50. The van der Waals surface area contributed by atoms with Gasteiger partial charge in [0.25, 0.3) is 0 Å². The van der Waals surface area contributed by atoms with Crippen LogP contribution in [0.1, 0.15) is 51.5 Å². The zero-order chi connectivity index (χ0) is 20.7. The third-order valence-corrected chi connectivity index (χ3v) is 5.50. The molecule has 3 rings (SSSR count). The Morgan fingerprint density at radius 2 is 1.52 bits per heavy atom. The van der Waals surface area contributed by atoms with Gasteiger partial charge in [-0.25, -0.2) is 8.78 Å². The van der Waals surface area contributed by atoms with Gasteiger partial charge in [-0.15, -0.1) is 0 Å². The topological polar surface area (TPSA) is 9.23 Å². The monoisotopic (exact) mass is 396 g/mol. The Labute approximate surface area is 173 Å². The van der Waals surface area contributed by atoms with Crippen LogP contribution >= 0.6 is 0 Å². The molecule has 2 atom stereocenters. The minimum Gasteiger partial charge on any atom is -0.367 e. The molecule has 0 radical (unpaired) electrons. The van der Waals surface area contributed by atoms with E-state index in [0.29, 0.717) is 24.2 Å². The van der Waals surface area contributed by atoms with Crippen LogP contribution in [0.25, 0.3) is 16.7 Å². The molecule has 3 heteroatoms. The van der Waals surface area contributed by atoms with Crippen LogP contribution in [0, 0.1) is 0 Å². The summed E-state index contributed by atoms with van der Waals surface area (Å²) in [6, 6.07) is 17.6. The quantitative estimate of drug-likeness (QED) is 0.395. The molecule has 29 heavy (non-hydrogen) atoms. The Morgan fingerprint density at radius 3 is 2.17 bits per heavy atom. The van der Waals surface area contributed by atoms with Crippen molar-refractivity contribution in [3.63, 3.8) is 0 Å². The lowest BCUT2D eigenvalue weighted by Gasteiger charge is -2.36. The number of alkyl halides is 1. The van der Waals surface area contributed by atoms with E-state index in [9.17, 15) is 0 Å². The van der Waals surface area contributed by atoms with Crippen LogP contribution in [-0.2, 0) is 4.74 Å². The summed E-state index contributed by atoms with van der Waals surface area (Å²) in [5, 5.41) is 0. The number of benzene rings is 2. The first-order valence-electron chi connectivity index (χ1n) is 10.6. The normalized spacial score (nSPS) is 21.6. The maximum Gasteiger partial charge on any atom is 0.184 e. The smallest absolute Gasteiger partial charge is 0.184 e. The molecule has 0 aromatic heterocycles. The van der Waals surface area contributed by atoms with Crippen molar-refractivity contribution in [2.45, 2.75) is 57.7 Å². The molecule has 1 aliphatic carbocycles. The number of rotatable bonds is 9. The first-order valence-corrected chi connectivity index (χ1v) is 10.6. The lowest BCUT2D eigenvalue weighted by atomic mass is 9.83. The van der Waals surface area contributed by atoms with E-state index < -0.39 is 17.6 Å². The van der Waals surface area contributed by atoms with Gasteiger partial charge in [-0.1, -0.05) is 93.8 Å². The van der Waals surface area contributed by atoms with Crippen LogP contribution in [0.2, 0.25) is 0 Å². The highest BCUT2D eigenvalue weighted by molar-refractivity contribution is 5.79. The van der Waals surface area contributed by atoms with Gasteiger partial charge < -0.3 is 4.74 Å². The Kier molecular flexibility index (Phi) is 7.38. The highest BCUT2D eigenvalue weighted by Gasteiger charge is 2.43. The van der Waals surface area contributed by atoms with Crippen molar-refractivity contribution in [2.75, 3.05) is 6.61 Å². The fraction of sp³-hybridized carbons (Fsp3) is 0.385. The molecule has 1 aliphatic rings. The van der Waals surface area contributed by atoms with Crippen LogP contribution in [0.5, 0.6) is 0 Å². The molecule has 0 aliphatic heterocycles. The Morgan fingerprint density at radius 1 is 0.862 bits per heavy atom. The average Bonchev–Trinajstić information content (AvgIpc) is 2.76. The number of unbranched alkanes of at least 4 members (excludes halogenated alkanes) is 2. The minimum absolute atomic E-state index is 0.306. The molecule has 0 heterocycles. The standard InChI is InChI=1S/C26H30F2O/c1-3-5-9-19-29-26(17-4-2)18-16-23(24(27)25(26)28)22-14-12-21(13-15-22)20-10-7-6-8-11-20/h6-8,10-16,18,25H,3-5,9,17,19H2,1-2H3. The second-order valence-corrected chi connectivity index (χ2v) is 7.66. The molecule has 0 saturated heterocycles. The molecule has 2 aromatic rings. The van der Waals surface area contributed by atoms with Crippen molar-refractivity contribution in [3.8, 4) is 11.1 Å². The van der Waals surface area contributed by atoms with Crippen molar-refractivity contribution in [1.29, 1.82) is 0 Å². The number of hydrogen-bond acceptors (Lipinski definition) is 1. The van der Waals surface area contributed by atoms with Crippen molar-refractivity contribution in [2.24, 2.45) is 0 Å². The van der Waals surface area contributed by atoms with E-state index in [2.05, 4.69) is 6.92 Å². The highest BCUT2D eigenvalue weighted by atomic mass is 19.2. The van der Waals surface area contributed by atoms with Crippen LogP contribution in [-0.4, -0.2) is 18.4 Å². The zero-order valence-corrected chi connectivity index (χ0v) is 17.3. The van der Waals surface area contributed by atoms with Gasteiger partial charge in [-0.2, -0.15) is 0 Å². The van der Waals surface area contributed by atoms with Gasteiger partial charge in [-0.3, -0.25) is 0 Å². The van der Waals surface area contributed by atoms with Crippen molar-refractivity contribution < 1.29 is 13.5 Å². The first-order chi connectivity index (χ1) is 14.1. The van der Waals surface area contributed by atoms with E-state index in [4.69, 9.17) is 4.74 Å². The highest BCUT2D eigenvalue weighted by Crippen LogP contribution is 2.40. The fourth-order valence-electron chi connectivity index (χ4n) is 3.85. The van der Waals surface area contributed by atoms with E-state index in [1.165, 1.54) is 0 Å². The summed E-state index contributed by atoms with van der Waals surface area (Å²) in [7, 11) is 0. The van der Waals surface area contributed by atoms with Crippen molar-refractivity contribution in [1.82, 2.24) is 0 Å². The number of halogens is 2. The second-order valence-electron chi connectivity index (χ2n) is 7.66. The molecule has 2 unspecified atom stereocenters. The molecular weight excluding hydrogens is 366 g/mol. The average molecular weight is 397 g/mol. The SMILES string of the molecule is CCCCCOC1(CCC)C=CC(c2ccc(-c3ccccc3)cc2)=C(F)C1F. The summed E-state index contributed by atoms with van der Waals surface area (Å²) in [6.07, 6.45) is 5.79. The molecule has 0 spiro atoms. The summed E-state index contributed by atoms with van der Waals surface area (Å²) < 4.78 is 36.3. The van der Waals surface area contributed by atoms with Crippen LogP contribution in [0.3, 0.4) is 0 Å². The van der Waals surface area contributed by atoms with Gasteiger partial charge in [0, 0.05) is 12.2 Å². The Balaban J connectivity index is 1.81. The third kappa shape index (κ3) is 4.84. The van der Waals surface area contributed by atoms with Gasteiger partial charge >= 0.3 is 0 Å². The molecule has 2 aromatic carbocycles. The Hall–Kier alpha value is -2.26. The predicted molar refractivity (Wildman–Crippen MR) is 117 cm³/mol. The van der Waals surface area contributed by atoms with Crippen LogP contribution in [0.15, 0.2) is 72.6 Å². The molecule has 0 saturated carbocycles. The molecule has 0 fully saturated rings. The molecule has 154 valence electrons. The molecular formula is C26H30F2O. The van der Waals surface area contributed by atoms with Crippen molar-refractivity contribution >= 4 is 5.57 Å². The summed E-state index contributed by atoms with van der Waals surface area (Å²) in [5.41, 5.74) is 1.93. The largest absolute Gasteiger partial charge is 0.367 e. The maximum absolute atomic E-state index is 15.3. The van der Waals surface area contributed by atoms with Gasteiger partial charge in [0.15, 0.2) is 6.17 Å². The van der Waals surface area contributed by atoms with Gasteiger partial charge in [-0.05, 0) is 35.6 Å². The number of ether oxygens (including phenoxy) is 1. The summed E-state index contributed by atoms with van der Waals surface area (Å²) in [4.78, 5) is 0. The van der Waals surface area contributed by atoms with E-state index >= 15 is 8.78 Å². The predicted octanol–water partition coefficient (Wildman–Crippen LogP) is 7.69. The van der Waals surface area contributed by atoms with E-state index in [0.717, 1.165) is 36.8 Å². The molecule has 0 N–H and O–H groups in total. The van der Waals surface area contributed by atoms with Crippen molar-refractivity contribution in [3.05, 3.63) is 78.1 Å². The van der Waals surface area contributed by atoms with Gasteiger partial charge in [0.1, 0.15) is 11.4 Å². The number of hydrogen-bond donors (Lipinski definition) is 0. The lowest BCUT2D eigenvalue weighted by Crippen LogP contribution is -2.43. The molecule has 0 amide bonds. The maximum atomic E-state index is 15.3. The molecule has 1 nitrogen and oxygen atoms in total. The fourth-order valence-corrected chi connectivity index (χ4v) is 3.85. The van der Waals surface area contributed by atoms with Crippen LogP contribution in [0.4, 0.5) is 8.78 Å². The van der Waals surface area contributed by atoms with Crippen LogP contribution < -0.4 is 0 Å². The van der Waals surface area contributed by atoms with E-state index in [-0.39, 0.29) is 0 Å². The minimum atomic E-state index is -1.78. The lowest BCUT2D eigenvalue weighted by molar-refractivity contribution is -0.0641. The summed E-state index contributed by atoms with van der Waals surface area (Å²) >= 11 is 0. The number of allylic oxidation sites excluding steroid dienone is 2. The molecule has 0 bridgehead atoms. The van der Waals surface area contributed by atoms with Gasteiger partial charge in [0.2, 0.25) is 0 Å². The van der Waals surface area contributed by atoms with E-state index in [1.54, 1.807) is 12.2 Å². The summed E-state index contributed by atoms with van der Waals surface area (Å²) in [5.74, 6) is -0.732. The second kappa shape index (κ2) is 9.98. The first kappa shape index (κ1) is 21.4. The Bertz CT molecular complexity index is 839. The zero-order valence-electron chi connectivity index (χ0n) is 17.3. The van der Waals surface area contributed by atoms with Gasteiger partial charge in [0.05, 0.1) is 0 Å².